The van der Waals surface area contributed by atoms with Gasteiger partial charge in [-0.05, 0) is 25.8 Å². The number of hydrogen-bond acceptors (Lipinski definition) is 5. The Morgan fingerprint density at radius 3 is 2.63 bits per heavy atom. The SMILES string of the molecule is CCOC(=O)C(O)c1ccccc1S(=O)(=O)C1CC1. The van der Waals surface area contributed by atoms with Crippen LogP contribution in [0.25, 0.3) is 0 Å². The number of aliphatic hydroxyl groups is 1. The maximum absolute atomic E-state index is 12.2. The summed E-state index contributed by atoms with van der Waals surface area (Å²) in [5, 5.41) is 9.54. The molecule has 1 atom stereocenters. The maximum atomic E-state index is 12.2. The summed E-state index contributed by atoms with van der Waals surface area (Å²) >= 11 is 0. The van der Waals surface area contributed by atoms with Crippen molar-refractivity contribution in [1.29, 1.82) is 0 Å². The van der Waals surface area contributed by atoms with Crippen LogP contribution in [-0.2, 0) is 19.4 Å². The second-order valence-corrected chi connectivity index (χ2v) is 6.63. The number of ether oxygens (including phenoxy) is 1. The van der Waals surface area contributed by atoms with Gasteiger partial charge in [-0.15, -0.1) is 0 Å². The monoisotopic (exact) mass is 284 g/mol. The summed E-state index contributed by atoms with van der Waals surface area (Å²) in [4.78, 5) is 11.6. The molecule has 0 saturated heterocycles. The number of rotatable bonds is 5. The number of esters is 1. The number of aliphatic hydroxyl groups excluding tert-OH is 1. The molecule has 0 amide bonds. The average Bonchev–Trinajstić information content (AvgIpc) is 3.22. The van der Waals surface area contributed by atoms with Crippen molar-refractivity contribution in [2.75, 3.05) is 6.61 Å². The molecule has 1 aromatic rings. The van der Waals surface area contributed by atoms with E-state index < -0.39 is 21.9 Å². The molecule has 1 saturated carbocycles. The highest BCUT2D eigenvalue weighted by Crippen LogP contribution is 2.36. The van der Waals surface area contributed by atoms with E-state index in [1.165, 1.54) is 12.1 Å². The number of benzene rings is 1. The first-order chi connectivity index (χ1) is 8.98. The molecule has 0 heterocycles. The maximum Gasteiger partial charge on any atom is 0.339 e. The van der Waals surface area contributed by atoms with Crippen molar-refractivity contribution in [2.24, 2.45) is 0 Å². The summed E-state index contributed by atoms with van der Waals surface area (Å²) in [5.74, 6) is -0.832. The van der Waals surface area contributed by atoms with Crippen LogP contribution < -0.4 is 0 Å². The second-order valence-electron chi connectivity index (χ2n) is 4.44. The van der Waals surface area contributed by atoms with Gasteiger partial charge >= 0.3 is 5.97 Å². The first-order valence-corrected chi connectivity index (χ1v) is 7.70. The third-order valence-electron chi connectivity index (χ3n) is 2.99. The molecular weight excluding hydrogens is 268 g/mol. The Kier molecular flexibility index (Phi) is 3.91. The lowest BCUT2D eigenvalue weighted by atomic mass is 10.1. The summed E-state index contributed by atoms with van der Waals surface area (Å²) < 4.78 is 29.2. The van der Waals surface area contributed by atoms with E-state index in [2.05, 4.69) is 0 Å². The van der Waals surface area contributed by atoms with E-state index in [4.69, 9.17) is 4.74 Å². The molecule has 1 aromatic carbocycles. The summed E-state index contributed by atoms with van der Waals surface area (Å²) in [6, 6.07) is 6.03. The molecule has 0 radical (unpaired) electrons. The van der Waals surface area contributed by atoms with Gasteiger partial charge in [0.2, 0.25) is 0 Å². The Labute approximate surface area is 112 Å². The van der Waals surface area contributed by atoms with Gasteiger partial charge in [0, 0.05) is 5.56 Å². The van der Waals surface area contributed by atoms with Crippen molar-refractivity contribution in [1.82, 2.24) is 0 Å². The average molecular weight is 284 g/mol. The zero-order chi connectivity index (χ0) is 14.0. The van der Waals surface area contributed by atoms with Crippen LogP contribution in [0.2, 0.25) is 0 Å². The number of carbonyl (C=O) groups excluding carboxylic acids is 1. The molecule has 5 nitrogen and oxygen atoms in total. The lowest BCUT2D eigenvalue weighted by Crippen LogP contribution is -2.19. The highest BCUT2D eigenvalue weighted by atomic mass is 32.2. The summed E-state index contributed by atoms with van der Waals surface area (Å²) in [7, 11) is -3.46. The van der Waals surface area contributed by atoms with Crippen molar-refractivity contribution in [2.45, 2.75) is 36.0 Å². The van der Waals surface area contributed by atoms with E-state index >= 15 is 0 Å². The Bertz CT molecular complexity index is 574. The number of sulfone groups is 1. The summed E-state index contributed by atoms with van der Waals surface area (Å²) in [5.41, 5.74) is 0.0906. The van der Waals surface area contributed by atoms with E-state index in [-0.39, 0.29) is 22.3 Å². The minimum Gasteiger partial charge on any atom is -0.464 e. The Morgan fingerprint density at radius 2 is 2.05 bits per heavy atom. The Hall–Kier alpha value is -1.40. The summed E-state index contributed by atoms with van der Waals surface area (Å²) in [6.07, 6.45) is -0.303. The van der Waals surface area contributed by atoms with Gasteiger partial charge in [0.05, 0.1) is 16.8 Å². The largest absolute Gasteiger partial charge is 0.464 e. The lowest BCUT2D eigenvalue weighted by molar-refractivity contribution is -0.153. The highest BCUT2D eigenvalue weighted by Gasteiger charge is 2.39. The van der Waals surface area contributed by atoms with E-state index in [9.17, 15) is 18.3 Å². The first kappa shape index (κ1) is 14.0. The molecule has 1 fully saturated rings. The van der Waals surface area contributed by atoms with Gasteiger partial charge in [-0.2, -0.15) is 0 Å². The molecule has 0 aliphatic heterocycles. The van der Waals surface area contributed by atoms with Gasteiger partial charge in [0.15, 0.2) is 15.9 Å². The predicted molar refractivity (Wildman–Crippen MR) is 68.2 cm³/mol. The van der Waals surface area contributed by atoms with Gasteiger partial charge in [0.25, 0.3) is 0 Å². The first-order valence-electron chi connectivity index (χ1n) is 6.16. The van der Waals surface area contributed by atoms with Gasteiger partial charge in [0.1, 0.15) is 0 Å². The van der Waals surface area contributed by atoms with Gasteiger partial charge in [-0.25, -0.2) is 13.2 Å². The normalized spacial score (nSPS) is 16.9. The zero-order valence-corrected chi connectivity index (χ0v) is 11.4. The molecule has 0 spiro atoms. The molecule has 6 heteroatoms. The molecular formula is C13H16O5S. The van der Waals surface area contributed by atoms with Crippen molar-refractivity contribution in [3.63, 3.8) is 0 Å². The van der Waals surface area contributed by atoms with Crippen molar-refractivity contribution in [3.05, 3.63) is 29.8 Å². The minimum absolute atomic E-state index is 0.0260. The predicted octanol–water partition coefficient (Wildman–Crippen LogP) is 1.22. The van der Waals surface area contributed by atoms with Gasteiger partial charge in [-0.1, -0.05) is 18.2 Å². The molecule has 1 N–H and O–H groups in total. The quantitative estimate of drug-likeness (QED) is 0.822. The smallest absolute Gasteiger partial charge is 0.339 e. The number of hydrogen-bond donors (Lipinski definition) is 1. The topological polar surface area (TPSA) is 80.7 Å². The van der Waals surface area contributed by atoms with E-state index in [0.717, 1.165) is 0 Å². The lowest BCUT2D eigenvalue weighted by Gasteiger charge is -2.14. The third kappa shape index (κ3) is 2.79. The van der Waals surface area contributed by atoms with Crippen molar-refractivity contribution < 1.29 is 23.1 Å². The fourth-order valence-electron chi connectivity index (χ4n) is 1.87. The van der Waals surface area contributed by atoms with Gasteiger partial charge < -0.3 is 9.84 Å². The minimum atomic E-state index is -3.46. The van der Waals surface area contributed by atoms with Crippen LogP contribution in [0.5, 0.6) is 0 Å². The molecule has 0 bridgehead atoms. The second kappa shape index (κ2) is 5.30. The standard InChI is InChI=1S/C13H16O5S/c1-2-18-13(15)12(14)10-5-3-4-6-11(10)19(16,17)9-7-8-9/h3-6,9,12,14H,2,7-8H2,1H3. The third-order valence-corrected chi connectivity index (χ3v) is 5.33. The van der Waals surface area contributed by atoms with E-state index in [1.807, 2.05) is 0 Å². The Balaban J connectivity index is 2.39. The number of carbonyl (C=O) groups is 1. The van der Waals surface area contributed by atoms with Crippen LogP contribution in [-0.4, -0.2) is 31.4 Å². The fourth-order valence-corrected chi connectivity index (χ4v) is 3.76. The van der Waals surface area contributed by atoms with Gasteiger partial charge in [-0.3, -0.25) is 0 Å². The van der Waals surface area contributed by atoms with Crippen LogP contribution in [0.3, 0.4) is 0 Å². The van der Waals surface area contributed by atoms with Crippen molar-refractivity contribution in [3.8, 4) is 0 Å². The zero-order valence-electron chi connectivity index (χ0n) is 10.6. The molecule has 1 aliphatic rings. The van der Waals surface area contributed by atoms with E-state index in [0.29, 0.717) is 12.8 Å². The highest BCUT2D eigenvalue weighted by molar-refractivity contribution is 7.92. The van der Waals surface area contributed by atoms with Crippen molar-refractivity contribution >= 4 is 15.8 Å². The molecule has 19 heavy (non-hydrogen) atoms. The molecule has 0 aromatic heterocycles. The molecule has 104 valence electrons. The van der Waals surface area contributed by atoms with Crippen LogP contribution in [0.15, 0.2) is 29.2 Å². The molecule has 1 aliphatic carbocycles. The van der Waals surface area contributed by atoms with Crippen LogP contribution in [0.1, 0.15) is 31.4 Å². The van der Waals surface area contributed by atoms with Crippen LogP contribution in [0, 0.1) is 0 Å². The fraction of sp³-hybridized carbons (Fsp3) is 0.462. The molecule has 1 unspecified atom stereocenters. The summed E-state index contributed by atoms with van der Waals surface area (Å²) in [6.45, 7) is 1.75. The Morgan fingerprint density at radius 1 is 1.42 bits per heavy atom. The van der Waals surface area contributed by atoms with Crippen LogP contribution in [0.4, 0.5) is 0 Å². The van der Waals surface area contributed by atoms with E-state index in [1.54, 1.807) is 19.1 Å². The van der Waals surface area contributed by atoms with Crippen LogP contribution >= 0.6 is 0 Å². The molecule has 2 rings (SSSR count).